The average Bonchev–Trinajstić information content (AvgIpc) is 1.93. The van der Waals surface area contributed by atoms with E-state index in [-0.39, 0.29) is 11.4 Å². The summed E-state index contributed by atoms with van der Waals surface area (Å²) < 4.78 is 25.2. The first-order chi connectivity index (χ1) is 5.88. The van der Waals surface area contributed by atoms with Crippen molar-refractivity contribution in [1.82, 2.24) is 0 Å². The number of halogens is 4. The molecule has 13 heavy (non-hydrogen) atoms. The van der Waals surface area contributed by atoms with E-state index in [4.69, 9.17) is 23.2 Å². The monoisotopic (exact) mass is 224 g/mol. The molecule has 0 saturated carbocycles. The van der Waals surface area contributed by atoms with Gasteiger partial charge in [-0.25, -0.2) is 8.78 Å². The van der Waals surface area contributed by atoms with E-state index in [9.17, 15) is 8.78 Å². The van der Waals surface area contributed by atoms with Gasteiger partial charge in [-0.15, -0.1) is 0 Å². The molecular formula is C9H8Cl2F2. The van der Waals surface area contributed by atoms with Gasteiger partial charge in [-0.3, -0.25) is 0 Å². The zero-order valence-corrected chi connectivity index (χ0v) is 8.46. The van der Waals surface area contributed by atoms with Gasteiger partial charge in [0.05, 0.1) is 0 Å². The first-order valence-corrected chi connectivity index (χ1v) is 4.46. The maximum Gasteiger partial charge on any atom is 0.249 e. The summed E-state index contributed by atoms with van der Waals surface area (Å²) in [7, 11) is 0. The maximum absolute atomic E-state index is 12.6. The van der Waals surface area contributed by atoms with Crippen LogP contribution in [0.3, 0.4) is 0 Å². The molecule has 0 heterocycles. The Morgan fingerprint density at radius 1 is 1.31 bits per heavy atom. The van der Waals surface area contributed by atoms with Crippen LogP contribution in [0.5, 0.6) is 0 Å². The molecule has 0 aliphatic heterocycles. The van der Waals surface area contributed by atoms with Gasteiger partial charge >= 0.3 is 0 Å². The van der Waals surface area contributed by atoms with Gasteiger partial charge in [0.1, 0.15) is 0 Å². The lowest BCUT2D eigenvalue weighted by Crippen LogP contribution is -2.13. The zero-order chi connectivity index (χ0) is 10.1. The van der Waals surface area contributed by atoms with Crippen molar-refractivity contribution in [1.29, 1.82) is 0 Å². The van der Waals surface area contributed by atoms with Crippen molar-refractivity contribution < 1.29 is 8.78 Å². The Morgan fingerprint density at radius 3 is 2.38 bits per heavy atom. The van der Waals surface area contributed by atoms with Crippen LogP contribution < -0.4 is 0 Å². The van der Waals surface area contributed by atoms with Crippen molar-refractivity contribution >= 4 is 23.2 Å². The molecule has 0 N–H and O–H groups in total. The molecule has 0 atom stereocenters. The Balaban J connectivity index is 2.90. The second kappa shape index (κ2) is 3.81. The van der Waals surface area contributed by atoms with Crippen LogP contribution in [0.2, 0.25) is 10.0 Å². The molecule has 0 aliphatic carbocycles. The third kappa shape index (κ3) is 3.49. The van der Waals surface area contributed by atoms with Gasteiger partial charge in [0.25, 0.3) is 0 Å². The Kier molecular flexibility index (Phi) is 3.14. The van der Waals surface area contributed by atoms with E-state index in [1.54, 1.807) is 6.07 Å². The van der Waals surface area contributed by atoms with Gasteiger partial charge in [-0.2, -0.15) is 0 Å². The fraction of sp³-hybridized carbons (Fsp3) is 0.333. The lowest BCUT2D eigenvalue weighted by Gasteiger charge is -2.11. The Labute approximate surface area is 85.5 Å². The summed E-state index contributed by atoms with van der Waals surface area (Å²) in [6, 6.07) is 4.53. The second-order valence-corrected chi connectivity index (χ2v) is 3.83. The molecule has 72 valence electrons. The van der Waals surface area contributed by atoms with Crippen LogP contribution in [0.1, 0.15) is 12.5 Å². The first-order valence-electron chi connectivity index (χ1n) is 3.70. The minimum Gasteiger partial charge on any atom is -0.207 e. The third-order valence-corrected chi connectivity index (χ3v) is 2.10. The van der Waals surface area contributed by atoms with E-state index in [0.29, 0.717) is 10.6 Å². The Morgan fingerprint density at radius 2 is 1.92 bits per heavy atom. The highest BCUT2D eigenvalue weighted by Gasteiger charge is 2.22. The average molecular weight is 225 g/mol. The predicted octanol–water partition coefficient (Wildman–Crippen LogP) is 4.19. The van der Waals surface area contributed by atoms with Crippen LogP contribution in [-0.4, -0.2) is 5.92 Å². The van der Waals surface area contributed by atoms with Crippen molar-refractivity contribution in [3.05, 3.63) is 33.8 Å². The van der Waals surface area contributed by atoms with Gasteiger partial charge in [0.2, 0.25) is 5.92 Å². The SMILES string of the molecule is CC(F)(F)Cc1ccc(Cl)cc1Cl. The number of hydrogen-bond donors (Lipinski definition) is 0. The van der Waals surface area contributed by atoms with E-state index in [1.807, 2.05) is 0 Å². The molecule has 0 amide bonds. The second-order valence-electron chi connectivity index (χ2n) is 2.98. The van der Waals surface area contributed by atoms with E-state index >= 15 is 0 Å². The molecule has 0 aromatic heterocycles. The Hall–Kier alpha value is -0.340. The maximum atomic E-state index is 12.6. The van der Waals surface area contributed by atoms with Crippen LogP contribution >= 0.6 is 23.2 Å². The molecule has 4 heteroatoms. The smallest absolute Gasteiger partial charge is 0.207 e. The number of rotatable bonds is 2. The van der Waals surface area contributed by atoms with Gasteiger partial charge in [0, 0.05) is 16.5 Å². The fourth-order valence-corrected chi connectivity index (χ4v) is 1.47. The topological polar surface area (TPSA) is 0 Å². The van der Waals surface area contributed by atoms with Crippen molar-refractivity contribution in [2.75, 3.05) is 0 Å². The summed E-state index contributed by atoms with van der Waals surface area (Å²) in [5.74, 6) is -2.74. The van der Waals surface area contributed by atoms with Crippen LogP contribution in [0.4, 0.5) is 8.78 Å². The molecule has 0 aliphatic rings. The molecule has 0 unspecified atom stereocenters. The van der Waals surface area contributed by atoms with Crippen LogP contribution in [0, 0.1) is 0 Å². The number of hydrogen-bond acceptors (Lipinski definition) is 0. The molecule has 0 nitrogen and oxygen atoms in total. The summed E-state index contributed by atoms with van der Waals surface area (Å²) in [5.41, 5.74) is 0.415. The van der Waals surface area contributed by atoms with Gasteiger partial charge in [-0.1, -0.05) is 29.3 Å². The zero-order valence-electron chi connectivity index (χ0n) is 6.95. The Bertz CT molecular complexity index is 305. The van der Waals surface area contributed by atoms with Crippen molar-refractivity contribution in [2.24, 2.45) is 0 Å². The summed E-state index contributed by atoms with van der Waals surface area (Å²) in [4.78, 5) is 0. The third-order valence-electron chi connectivity index (χ3n) is 1.52. The van der Waals surface area contributed by atoms with Gasteiger partial charge in [0.15, 0.2) is 0 Å². The number of alkyl halides is 2. The molecule has 0 spiro atoms. The molecule has 0 saturated heterocycles. The van der Waals surface area contributed by atoms with E-state index < -0.39 is 5.92 Å². The summed E-state index contributed by atoms with van der Waals surface area (Å²) in [6.07, 6.45) is -0.358. The van der Waals surface area contributed by atoms with E-state index in [0.717, 1.165) is 6.92 Å². The lowest BCUT2D eigenvalue weighted by molar-refractivity contribution is 0.0226. The highest BCUT2D eigenvalue weighted by molar-refractivity contribution is 6.35. The minimum atomic E-state index is -2.74. The van der Waals surface area contributed by atoms with Gasteiger partial charge in [-0.05, 0) is 24.6 Å². The largest absolute Gasteiger partial charge is 0.249 e. The molecule has 1 aromatic carbocycles. The fourth-order valence-electron chi connectivity index (χ4n) is 0.999. The normalized spacial score (nSPS) is 11.8. The predicted molar refractivity (Wildman–Crippen MR) is 50.8 cm³/mol. The lowest BCUT2D eigenvalue weighted by atomic mass is 10.1. The molecule has 1 aromatic rings. The standard InChI is InChI=1S/C9H8Cl2F2/c1-9(12,13)5-6-2-3-7(10)4-8(6)11/h2-4H,5H2,1H3. The number of benzene rings is 1. The molecule has 0 fully saturated rings. The minimum absolute atomic E-state index is 0.286. The van der Waals surface area contributed by atoms with Gasteiger partial charge < -0.3 is 0 Å². The molecule has 0 bridgehead atoms. The summed E-state index contributed by atoms with van der Waals surface area (Å²) in [5, 5.41) is 0.738. The van der Waals surface area contributed by atoms with E-state index in [2.05, 4.69) is 0 Å². The highest BCUT2D eigenvalue weighted by Crippen LogP contribution is 2.26. The van der Waals surface area contributed by atoms with Crippen molar-refractivity contribution in [3.63, 3.8) is 0 Å². The summed E-state index contributed by atoms with van der Waals surface area (Å²) >= 11 is 11.3. The van der Waals surface area contributed by atoms with Crippen LogP contribution in [0.25, 0.3) is 0 Å². The molecule has 1 rings (SSSR count). The van der Waals surface area contributed by atoms with Crippen molar-refractivity contribution in [3.8, 4) is 0 Å². The molecular weight excluding hydrogens is 217 g/mol. The van der Waals surface area contributed by atoms with E-state index in [1.165, 1.54) is 12.1 Å². The first kappa shape index (κ1) is 10.7. The highest BCUT2D eigenvalue weighted by atomic mass is 35.5. The van der Waals surface area contributed by atoms with Crippen LogP contribution in [0.15, 0.2) is 18.2 Å². The molecule has 0 radical (unpaired) electrons. The van der Waals surface area contributed by atoms with Crippen molar-refractivity contribution in [2.45, 2.75) is 19.3 Å². The quantitative estimate of drug-likeness (QED) is 0.707. The van der Waals surface area contributed by atoms with Crippen LogP contribution in [-0.2, 0) is 6.42 Å². The summed E-state index contributed by atoms with van der Waals surface area (Å²) in [6.45, 7) is 0.859.